The Morgan fingerprint density at radius 1 is 1.24 bits per heavy atom. The van der Waals surface area contributed by atoms with Crippen LogP contribution in [-0.4, -0.2) is 52.7 Å². The highest BCUT2D eigenvalue weighted by atomic mass is 16.6. The first kappa shape index (κ1) is 18.2. The van der Waals surface area contributed by atoms with Gasteiger partial charge in [0.25, 0.3) is 0 Å². The minimum atomic E-state index is -1.11. The summed E-state index contributed by atoms with van der Waals surface area (Å²) in [7, 11) is 0. The molecule has 1 aliphatic carbocycles. The molecule has 0 aromatic carbocycles. The van der Waals surface area contributed by atoms with Gasteiger partial charge in [-0.25, -0.2) is 4.79 Å². The van der Waals surface area contributed by atoms with Gasteiger partial charge in [0, 0.05) is 18.6 Å². The first-order valence-corrected chi connectivity index (χ1v) is 7.67. The van der Waals surface area contributed by atoms with E-state index in [4.69, 9.17) is 9.84 Å². The van der Waals surface area contributed by atoms with Crippen molar-refractivity contribution in [1.82, 2.24) is 10.6 Å². The van der Waals surface area contributed by atoms with Crippen LogP contribution < -0.4 is 10.6 Å². The van der Waals surface area contributed by atoms with Crippen LogP contribution in [0.5, 0.6) is 0 Å². The van der Waals surface area contributed by atoms with Crippen molar-refractivity contribution < 1.29 is 19.7 Å². The van der Waals surface area contributed by atoms with Crippen molar-refractivity contribution in [3.05, 3.63) is 0 Å². The van der Waals surface area contributed by atoms with Gasteiger partial charge in [-0.1, -0.05) is 0 Å². The summed E-state index contributed by atoms with van der Waals surface area (Å²) in [4.78, 5) is 11.8. The quantitative estimate of drug-likeness (QED) is 0.612. The van der Waals surface area contributed by atoms with Crippen LogP contribution in [0, 0.1) is 0 Å². The summed E-state index contributed by atoms with van der Waals surface area (Å²) in [6, 6.07) is 0.321. The van der Waals surface area contributed by atoms with Crippen LogP contribution in [0.4, 0.5) is 4.79 Å². The summed E-state index contributed by atoms with van der Waals surface area (Å²) in [6.45, 7) is 7.19. The highest BCUT2D eigenvalue weighted by Crippen LogP contribution is 2.19. The van der Waals surface area contributed by atoms with Crippen LogP contribution in [0.3, 0.4) is 0 Å². The van der Waals surface area contributed by atoms with Crippen LogP contribution in [0.25, 0.3) is 0 Å². The molecule has 0 aliphatic heterocycles. The first-order chi connectivity index (χ1) is 9.61. The van der Waals surface area contributed by atoms with Gasteiger partial charge in [0.15, 0.2) is 0 Å². The molecule has 3 unspecified atom stereocenters. The number of aliphatic hydroxyl groups excluding tert-OH is 1. The van der Waals surface area contributed by atoms with Crippen LogP contribution in [-0.2, 0) is 4.74 Å². The molecule has 1 amide bonds. The topological polar surface area (TPSA) is 90.8 Å². The zero-order valence-corrected chi connectivity index (χ0v) is 13.6. The molecule has 1 rings (SSSR count). The lowest BCUT2D eigenvalue weighted by Gasteiger charge is -2.33. The van der Waals surface area contributed by atoms with E-state index >= 15 is 0 Å². The third-order valence-corrected chi connectivity index (χ3v) is 3.51. The van der Waals surface area contributed by atoms with E-state index in [-0.39, 0.29) is 24.8 Å². The molecule has 0 aromatic rings. The summed E-state index contributed by atoms with van der Waals surface area (Å²) in [5.41, 5.74) is -1.60. The van der Waals surface area contributed by atoms with E-state index in [1.807, 2.05) is 20.8 Å². The molecule has 4 N–H and O–H groups in total. The van der Waals surface area contributed by atoms with Crippen LogP contribution in [0.1, 0.15) is 53.4 Å². The SMILES string of the molecule is CC(O)(CO)CNC1CCCC(NC(=O)OC(C)(C)C)C1. The molecule has 124 valence electrons. The number of hydrogen-bond donors (Lipinski definition) is 4. The summed E-state index contributed by atoms with van der Waals surface area (Å²) in [5, 5.41) is 25.0. The fourth-order valence-corrected chi connectivity index (χ4v) is 2.40. The minimum Gasteiger partial charge on any atom is -0.444 e. The van der Waals surface area contributed by atoms with Crippen molar-refractivity contribution in [1.29, 1.82) is 0 Å². The van der Waals surface area contributed by atoms with Crippen molar-refractivity contribution in [2.45, 2.75) is 76.7 Å². The predicted octanol–water partition coefficient (Wildman–Crippen LogP) is 1.16. The molecule has 3 atom stereocenters. The van der Waals surface area contributed by atoms with E-state index in [2.05, 4.69) is 10.6 Å². The number of rotatable bonds is 5. The molecule has 6 heteroatoms. The highest BCUT2D eigenvalue weighted by Gasteiger charge is 2.27. The lowest BCUT2D eigenvalue weighted by atomic mass is 9.90. The van der Waals surface area contributed by atoms with E-state index < -0.39 is 11.2 Å². The number of nitrogens with one attached hydrogen (secondary N) is 2. The van der Waals surface area contributed by atoms with Gasteiger partial charge in [-0.3, -0.25) is 0 Å². The maximum Gasteiger partial charge on any atom is 0.407 e. The zero-order chi connectivity index (χ0) is 16.1. The van der Waals surface area contributed by atoms with Gasteiger partial charge in [0.1, 0.15) is 5.60 Å². The summed E-state index contributed by atoms with van der Waals surface area (Å²) in [6.07, 6.45) is 3.39. The number of carbonyl (C=O) groups excluding carboxylic acids is 1. The molecule has 0 saturated heterocycles. The molecule has 6 nitrogen and oxygen atoms in total. The molecule has 1 aliphatic rings. The Kier molecular flexibility index (Phi) is 6.43. The Labute approximate surface area is 127 Å². The Hall–Kier alpha value is -0.850. The molecular formula is C15H30N2O4. The molecular weight excluding hydrogens is 272 g/mol. The van der Waals surface area contributed by atoms with Gasteiger partial charge >= 0.3 is 6.09 Å². The Balaban J connectivity index is 2.37. The van der Waals surface area contributed by atoms with E-state index in [9.17, 15) is 9.90 Å². The molecule has 1 saturated carbocycles. The number of amides is 1. The average molecular weight is 302 g/mol. The number of aliphatic hydroxyl groups is 2. The first-order valence-electron chi connectivity index (χ1n) is 7.67. The van der Waals surface area contributed by atoms with Crippen molar-refractivity contribution in [3.8, 4) is 0 Å². The largest absolute Gasteiger partial charge is 0.444 e. The Morgan fingerprint density at radius 3 is 2.43 bits per heavy atom. The number of alkyl carbamates (subject to hydrolysis) is 1. The smallest absolute Gasteiger partial charge is 0.407 e. The maximum absolute atomic E-state index is 11.8. The van der Waals surface area contributed by atoms with Gasteiger partial charge in [-0.2, -0.15) is 0 Å². The third kappa shape index (κ3) is 7.64. The number of carbonyl (C=O) groups is 1. The van der Waals surface area contributed by atoms with Crippen LogP contribution in [0.15, 0.2) is 0 Å². The molecule has 0 bridgehead atoms. The predicted molar refractivity (Wildman–Crippen MR) is 81.1 cm³/mol. The van der Waals surface area contributed by atoms with E-state index in [1.165, 1.54) is 0 Å². The minimum absolute atomic E-state index is 0.0881. The fraction of sp³-hybridized carbons (Fsp3) is 0.933. The normalized spacial score (nSPS) is 26.0. The maximum atomic E-state index is 11.8. The second kappa shape index (κ2) is 7.42. The monoisotopic (exact) mass is 302 g/mol. The van der Waals surface area contributed by atoms with Crippen molar-refractivity contribution in [3.63, 3.8) is 0 Å². The second-order valence-electron chi connectivity index (χ2n) is 7.24. The molecule has 0 radical (unpaired) electrons. The Bertz CT molecular complexity index is 339. The highest BCUT2D eigenvalue weighted by molar-refractivity contribution is 5.68. The molecule has 1 fully saturated rings. The summed E-state index contributed by atoms with van der Waals surface area (Å²) >= 11 is 0. The third-order valence-electron chi connectivity index (χ3n) is 3.51. The van der Waals surface area contributed by atoms with E-state index in [0.29, 0.717) is 6.54 Å². The van der Waals surface area contributed by atoms with E-state index in [1.54, 1.807) is 6.92 Å². The van der Waals surface area contributed by atoms with Crippen LogP contribution in [0.2, 0.25) is 0 Å². The van der Waals surface area contributed by atoms with Gasteiger partial charge in [0.05, 0.1) is 12.2 Å². The molecule has 0 heterocycles. The number of hydrogen-bond acceptors (Lipinski definition) is 5. The number of ether oxygens (including phenoxy) is 1. The standard InChI is InChI=1S/C15H30N2O4/c1-14(2,3)21-13(19)17-12-7-5-6-11(8-12)16-9-15(4,20)10-18/h11-12,16,18,20H,5-10H2,1-4H3,(H,17,19). The van der Waals surface area contributed by atoms with E-state index in [0.717, 1.165) is 25.7 Å². The van der Waals surface area contributed by atoms with Gasteiger partial charge in [0.2, 0.25) is 0 Å². The molecule has 0 spiro atoms. The second-order valence-corrected chi connectivity index (χ2v) is 7.24. The van der Waals surface area contributed by atoms with Crippen molar-refractivity contribution in [2.75, 3.05) is 13.2 Å². The Morgan fingerprint density at radius 2 is 1.86 bits per heavy atom. The summed E-state index contributed by atoms with van der Waals surface area (Å²) < 4.78 is 5.26. The van der Waals surface area contributed by atoms with Crippen molar-refractivity contribution in [2.24, 2.45) is 0 Å². The lowest BCUT2D eigenvalue weighted by molar-refractivity contribution is -0.000613. The van der Waals surface area contributed by atoms with Gasteiger partial charge in [-0.05, 0) is 53.4 Å². The van der Waals surface area contributed by atoms with Gasteiger partial charge in [-0.15, -0.1) is 0 Å². The zero-order valence-electron chi connectivity index (χ0n) is 13.6. The van der Waals surface area contributed by atoms with Crippen LogP contribution >= 0.6 is 0 Å². The molecule has 0 aromatic heterocycles. The summed E-state index contributed by atoms with van der Waals surface area (Å²) in [5.74, 6) is 0. The van der Waals surface area contributed by atoms with Crippen molar-refractivity contribution >= 4 is 6.09 Å². The fourth-order valence-electron chi connectivity index (χ4n) is 2.40. The average Bonchev–Trinajstić information content (AvgIpc) is 2.34. The molecule has 21 heavy (non-hydrogen) atoms. The van der Waals surface area contributed by atoms with Gasteiger partial charge < -0.3 is 25.6 Å². The lowest BCUT2D eigenvalue weighted by Crippen LogP contribution is -2.49.